The molecule has 11 heteroatoms. The normalized spacial score (nSPS) is 16.4. The van der Waals surface area contributed by atoms with Crippen molar-refractivity contribution in [3.05, 3.63) is 35.0 Å². The van der Waals surface area contributed by atoms with Crippen molar-refractivity contribution in [3.8, 4) is 22.8 Å². The number of ketones is 1. The van der Waals surface area contributed by atoms with Gasteiger partial charge in [-0.15, -0.1) is 0 Å². The van der Waals surface area contributed by atoms with Crippen LogP contribution in [0, 0.1) is 0 Å². The maximum Gasteiger partial charge on any atom is 0.332 e. The summed E-state index contributed by atoms with van der Waals surface area (Å²) in [6.07, 6.45) is 1.02. The number of Topliss-reactive ketones (excluding diaryl/α,β-unsaturated/α-hetero) is 1. The molecule has 1 aromatic heterocycles. The highest BCUT2D eigenvalue weighted by Crippen LogP contribution is 2.44. The second-order valence-corrected chi connectivity index (χ2v) is 8.74. The number of likely N-dealkylation sites (N-methyl/N-ethyl adjacent to an activating group) is 2. The van der Waals surface area contributed by atoms with E-state index in [4.69, 9.17) is 9.47 Å². The molecule has 2 heterocycles. The van der Waals surface area contributed by atoms with Gasteiger partial charge < -0.3 is 19.1 Å². The number of benzene rings is 1. The van der Waals surface area contributed by atoms with Gasteiger partial charge in [-0.2, -0.15) is 0 Å². The Morgan fingerprint density at radius 2 is 1.64 bits per heavy atom. The molecule has 0 bridgehead atoms. The van der Waals surface area contributed by atoms with Gasteiger partial charge in [-0.1, -0.05) is 0 Å². The van der Waals surface area contributed by atoms with Crippen LogP contribution in [0.5, 0.6) is 11.5 Å². The quantitative estimate of drug-likeness (QED) is 0.576. The fourth-order valence-corrected chi connectivity index (χ4v) is 4.99. The number of nitrogens with zero attached hydrogens (tertiary/aromatic N) is 3. The van der Waals surface area contributed by atoms with Gasteiger partial charge in [-0.05, 0) is 31.0 Å². The average Bonchev–Trinajstić information content (AvgIpc) is 3.19. The largest absolute Gasteiger partial charge is 0.493 e. The Morgan fingerprint density at radius 3 is 2.22 bits per heavy atom. The van der Waals surface area contributed by atoms with Gasteiger partial charge in [0.2, 0.25) is 11.8 Å². The van der Waals surface area contributed by atoms with Crippen LogP contribution in [0.25, 0.3) is 11.3 Å². The molecule has 0 atom stereocenters. The lowest BCUT2D eigenvalue weighted by atomic mass is 9.84. The molecule has 0 spiro atoms. The van der Waals surface area contributed by atoms with Crippen molar-refractivity contribution in [2.75, 3.05) is 28.3 Å². The second kappa shape index (κ2) is 9.48. The third-order valence-corrected chi connectivity index (χ3v) is 6.73. The van der Waals surface area contributed by atoms with Gasteiger partial charge in [0.25, 0.3) is 0 Å². The molecule has 2 aliphatic rings. The average molecular weight is 498 g/mol. The summed E-state index contributed by atoms with van der Waals surface area (Å²) in [4.78, 5) is 65.6. The lowest BCUT2D eigenvalue weighted by molar-refractivity contribution is -0.143. The summed E-state index contributed by atoms with van der Waals surface area (Å²) in [6, 6.07) is 4.24. The molecular weight excluding hydrogens is 470 g/mol. The minimum absolute atomic E-state index is 0.0222. The molecule has 0 unspecified atom stereocenters. The molecule has 0 saturated carbocycles. The fourth-order valence-electron chi connectivity index (χ4n) is 4.99. The Bertz CT molecular complexity index is 1270. The SMILES string of the molecule is COc1ccc(-c2c(C3C(=O)N(C)C(=O)N(C)C3=O)c3c(n2CCC(=O)O)CCCC3=O)cc1OC. The van der Waals surface area contributed by atoms with Crippen molar-refractivity contribution in [3.63, 3.8) is 0 Å². The van der Waals surface area contributed by atoms with Crippen molar-refractivity contribution in [1.82, 2.24) is 14.4 Å². The maximum atomic E-state index is 13.4. The molecule has 190 valence electrons. The summed E-state index contributed by atoms with van der Waals surface area (Å²) in [7, 11) is 5.51. The van der Waals surface area contributed by atoms with Crippen molar-refractivity contribution >= 4 is 29.6 Å². The van der Waals surface area contributed by atoms with E-state index >= 15 is 0 Å². The highest BCUT2D eigenvalue weighted by Gasteiger charge is 2.48. The zero-order valence-electron chi connectivity index (χ0n) is 20.5. The first-order chi connectivity index (χ1) is 17.1. The van der Waals surface area contributed by atoms with Gasteiger partial charge in [0.05, 0.1) is 26.3 Å². The Labute approximate surface area is 207 Å². The number of carbonyl (C=O) groups excluding carboxylic acids is 4. The minimum Gasteiger partial charge on any atom is -0.493 e. The molecule has 36 heavy (non-hydrogen) atoms. The summed E-state index contributed by atoms with van der Waals surface area (Å²) >= 11 is 0. The first kappa shape index (κ1) is 25.0. The molecule has 1 aliphatic carbocycles. The van der Waals surface area contributed by atoms with Gasteiger partial charge in [-0.3, -0.25) is 29.0 Å². The van der Waals surface area contributed by atoms with E-state index in [9.17, 15) is 29.1 Å². The first-order valence-electron chi connectivity index (χ1n) is 11.4. The number of carbonyl (C=O) groups is 5. The number of carboxylic acid groups (broad SMARTS) is 1. The summed E-state index contributed by atoms with van der Waals surface area (Å²) in [5.41, 5.74) is 1.90. The third-order valence-electron chi connectivity index (χ3n) is 6.73. The maximum absolute atomic E-state index is 13.4. The van der Waals surface area contributed by atoms with E-state index in [0.717, 1.165) is 9.80 Å². The van der Waals surface area contributed by atoms with Crippen molar-refractivity contribution in [2.45, 2.75) is 38.1 Å². The number of imide groups is 2. The molecule has 1 aliphatic heterocycles. The Morgan fingerprint density at radius 1 is 1.00 bits per heavy atom. The van der Waals surface area contributed by atoms with Gasteiger partial charge in [0.15, 0.2) is 17.3 Å². The summed E-state index contributed by atoms with van der Waals surface area (Å²) in [6.45, 7) is 0.0222. The third kappa shape index (κ3) is 3.90. The first-order valence-corrected chi connectivity index (χ1v) is 11.4. The number of hydrogen-bond acceptors (Lipinski definition) is 7. The number of fused-ring (bicyclic) bond motifs is 1. The number of barbiturate groups is 1. The van der Waals surface area contributed by atoms with Crippen LogP contribution >= 0.6 is 0 Å². The van der Waals surface area contributed by atoms with Crippen LogP contribution < -0.4 is 9.47 Å². The Kier molecular flexibility index (Phi) is 6.57. The molecule has 11 nitrogen and oxygen atoms in total. The number of rotatable bonds is 7. The number of hydrogen-bond donors (Lipinski definition) is 1. The molecule has 1 N–H and O–H groups in total. The van der Waals surface area contributed by atoms with E-state index in [1.807, 2.05) is 0 Å². The van der Waals surface area contributed by atoms with Crippen molar-refractivity contribution in [1.29, 1.82) is 0 Å². The van der Waals surface area contributed by atoms with Crippen LogP contribution in [0.1, 0.15) is 46.8 Å². The zero-order chi connectivity index (χ0) is 26.3. The van der Waals surface area contributed by atoms with Crippen LogP contribution in [0.3, 0.4) is 0 Å². The summed E-state index contributed by atoms with van der Waals surface area (Å²) in [5, 5.41) is 9.41. The molecule has 1 saturated heterocycles. The number of methoxy groups -OCH3 is 2. The summed E-state index contributed by atoms with van der Waals surface area (Å²) in [5.74, 6) is -3.38. The van der Waals surface area contributed by atoms with Crippen LogP contribution in [-0.2, 0) is 27.3 Å². The summed E-state index contributed by atoms with van der Waals surface area (Å²) < 4.78 is 12.5. The number of amides is 4. The van der Waals surface area contributed by atoms with Crippen LogP contribution in [0.4, 0.5) is 4.79 Å². The fraction of sp³-hybridized carbons (Fsp3) is 0.400. The number of aliphatic carboxylic acids is 1. The van der Waals surface area contributed by atoms with E-state index in [1.165, 1.54) is 28.3 Å². The molecule has 1 fully saturated rings. The number of ether oxygens (including phenoxy) is 2. The van der Waals surface area contributed by atoms with Gasteiger partial charge in [0.1, 0.15) is 5.92 Å². The smallest absolute Gasteiger partial charge is 0.332 e. The minimum atomic E-state index is -1.44. The topological polar surface area (TPSA) is 135 Å². The number of carboxylic acids is 1. The standard InChI is InChI=1S/C25H27N3O8/c1-26-23(32)21(24(33)27(2)25(26)34)20-19-14(6-5-7-15(19)29)28(11-10-18(30)31)22(20)13-8-9-16(35-3)17(12-13)36-4/h8-9,12,21H,5-7,10-11H2,1-4H3,(H,30,31). The van der Waals surface area contributed by atoms with Gasteiger partial charge in [0, 0.05) is 49.4 Å². The lowest BCUT2D eigenvalue weighted by Gasteiger charge is -2.33. The van der Waals surface area contributed by atoms with E-state index < -0.39 is 29.7 Å². The predicted octanol–water partition coefficient (Wildman–Crippen LogP) is 2.30. The lowest BCUT2D eigenvalue weighted by Crippen LogP contribution is -2.56. The van der Waals surface area contributed by atoms with Gasteiger partial charge >= 0.3 is 12.0 Å². The number of aromatic nitrogens is 1. The van der Waals surface area contributed by atoms with Crippen LogP contribution in [0.15, 0.2) is 18.2 Å². The van der Waals surface area contributed by atoms with E-state index in [2.05, 4.69) is 0 Å². The Balaban J connectivity index is 2.07. The monoisotopic (exact) mass is 497 g/mol. The van der Waals surface area contributed by atoms with Crippen molar-refractivity contribution in [2.24, 2.45) is 0 Å². The number of urea groups is 1. The highest BCUT2D eigenvalue weighted by atomic mass is 16.5. The molecule has 4 amide bonds. The Hall–Kier alpha value is -4.15. The van der Waals surface area contributed by atoms with E-state index in [-0.39, 0.29) is 36.3 Å². The van der Waals surface area contributed by atoms with Crippen LogP contribution in [0.2, 0.25) is 0 Å². The van der Waals surface area contributed by atoms with E-state index in [1.54, 1.807) is 22.8 Å². The molecular formula is C25H27N3O8. The second-order valence-electron chi connectivity index (χ2n) is 8.74. The van der Waals surface area contributed by atoms with Crippen LogP contribution in [-0.4, -0.2) is 77.4 Å². The zero-order valence-corrected chi connectivity index (χ0v) is 20.5. The molecule has 1 aromatic carbocycles. The molecule has 4 rings (SSSR count). The molecule has 2 aromatic rings. The van der Waals surface area contributed by atoms with Gasteiger partial charge in [-0.25, -0.2) is 4.79 Å². The van der Waals surface area contributed by atoms with E-state index in [0.29, 0.717) is 41.3 Å². The van der Waals surface area contributed by atoms with Crippen molar-refractivity contribution < 1.29 is 38.6 Å². The highest BCUT2D eigenvalue weighted by molar-refractivity contribution is 6.21. The molecule has 0 radical (unpaired) electrons. The predicted molar refractivity (Wildman–Crippen MR) is 126 cm³/mol.